The minimum Gasteiger partial charge on any atom is -0.384 e. The largest absolute Gasteiger partial charge is 0.384 e. The van der Waals surface area contributed by atoms with Crippen molar-refractivity contribution in [2.45, 2.75) is 19.8 Å². The van der Waals surface area contributed by atoms with Gasteiger partial charge in [-0.15, -0.1) is 0 Å². The Morgan fingerprint density at radius 1 is 1.58 bits per heavy atom. The first-order valence-electron chi connectivity index (χ1n) is 6.39. The molecule has 0 bridgehead atoms. The van der Waals surface area contributed by atoms with E-state index in [1.807, 2.05) is 0 Å². The molecule has 2 N–H and O–H groups in total. The highest BCUT2D eigenvalue weighted by molar-refractivity contribution is 14.1. The van der Waals surface area contributed by atoms with Gasteiger partial charge in [-0.25, -0.2) is 0 Å². The van der Waals surface area contributed by atoms with E-state index in [0.717, 1.165) is 28.9 Å². The van der Waals surface area contributed by atoms with Gasteiger partial charge in [-0.3, -0.25) is 10.1 Å². The fourth-order valence-corrected chi connectivity index (χ4v) is 3.03. The third kappa shape index (κ3) is 3.79. The Labute approximate surface area is 126 Å². The van der Waals surface area contributed by atoms with E-state index in [1.54, 1.807) is 18.2 Å². The summed E-state index contributed by atoms with van der Waals surface area (Å²) in [6.07, 6.45) is 2.41. The molecule has 104 valence electrons. The summed E-state index contributed by atoms with van der Waals surface area (Å²) in [6.45, 7) is 5.27. The summed E-state index contributed by atoms with van der Waals surface area (Å²) in [7, 11) is 0. The molecule has 1 fully saturated rings. The average Bonchev–Trinajstić information content (AvgIpc) is 2.38. The van der Waals surface area contributed by atoms with Crippen LogP contribution in [-0.2, 0) is 0 Å². The summed E-state index contributed by atoms with van der Waals surface area (Å²) in [5.41, 5.74) is 1.36. The van der Waals surface area contributed by atoms with Crippen molar-refractivity contribution < 1.29 is 4.92 Å². The lowest BCUT2D eigenvalue weighted by atomic mass is 9.83. The lowest BCUT2D eigenvalue weighted by Gasteiger charge is -2.34. The molecule has 1 aliphatic rings. The molecule has 1 aromatic rings. The van der Waals surface area contributed by atoms with Crippen LogP contribution in [0.4, 0.5) is 11.4 Å². The molecule has 0 aromatic heterocycles. The van der Waals surface area contributed by atoms with Crippen LogP contribution in [0, 0.1) is 19.1 Å². The molecule has 1 aliphatic heterocycles. The molecular weight excluding hydrogens is 357 g/mol. The number of halogens is 1. The van der Waals surface area contributed by atoms with E-state index in [1.165, 1.54) is 12.8 Å². The Morgan fingerprint density at radius 3 is 2.95 bits per heavy atom. The van der Waals surface area contributed by atoms with E-state index < -0.39 is 0 Å². The number of nitrogens with zero attached hydrogens (tertiary/aromatic N) is 1. The summed E-state index contributed by atoms with van der Waals surface area (Å²) >= 11 is 2.14. The van der Waals surface area contributed by atoms with Gasteiger partial charge < -0.3 is 10.6 Å². The molecule has 0 saturated carbocycles. The molecule has 1 heterocycles. The van der Waals surface area contributed by atoms with Crippen molar-refractivity contribution in [1.82, 2.24) is 5.32 Å². The molecule has 5 nitrogen and oxygen atoms in total. The predicted octanol–water partition coefficient (Wildman–Crippen LogP) is 3.00. The molecule has 2 rings (SSSR count). The highest BCUT2D eigenvalue weighted by Crippen LogP contribution is 2.28. The van der Waals surface area contributed by atoms with Crippen molar-refractivity contribution in [3.05, 3.63) is 31.9 Å². The molecule has 0 radical (unpaired) electrons. The molecular formula is C13H18IN3O2. The number of non-ortho nitro benzene ring substituents is 1. The Bertz CT molecular complexity index is 473. The van der Waals surface area contributed by atoms with Crippen molar-refractivity contribution in [3.63, 3.8) is 0 Å². The van der Waals surface area contributed by atoms with E-state index in [-0.39, 0.29) is 16.0 Å². The number of nitro groups is 1. The Kier molecular flexibility index (Phi) is 4.62. The van der Waals surface area contributed by atoms with E-state index >= 15 is 0 Å². The van der Waals surface area contributed by atoms with Crippen molar-refractivity contribution in [2.75, 3.05) is 25.0 Å². The van der Waals surface area contributed by atoms with Crippen LogP contribution < -0.4 is 10.6 Å². The number of piperidine rings is 1. The SMILES string of the molecule is CC1(CNc2ccc([N+](=O)[O-])cc2I)CCCNC1. The van der Waals surface area contributed by atoms with Crippen LogP contribution in [0.15, 0.2) is 18.2 Å². The minimum absolute atomic E-state index is 0.139. The van der Waals surface area contributed by atoms with Crippen molar-refractivity contribution in [2.24, 2.45) is 5.41 Å². The van der Waals surface area contributed by atoms with Crippen LogP contribution in [0.25, 0.3) is 0 Å². The first-order valence-corrected chi connectivity index (χ1v) is 7.47. The van der Waals surface area contributed by atoms with Gasteiger partial charge in [-0.05, 0) is 53.5 Å². The minimum atomic E-state index is -0.363. The van der Waals surface area contributed by atoms with Gasteiger partial charge in [0.05, 0.1) is 4.92 Å². The average molecular weight is 375 g/mol. The van der Waals surface area contributed by atoms with Gasteiger partial charge in [0.15, 0.2) is 0 Å². The second kappa shape index (κ2) is 6.04. The zero-order chi connectivity index (χ0) is 13.9. The van der Waals surface area contributed by atoms with E-state index in [4.69, 9.17) is 0 Å². The van der Waals surface area contributed by atoms with Gasteiger partial charge in [0.1, 0.15) is 0 Å². The van der Waals surface area contributed by atoms with Gasteiger partial charge in [0, 0.05) is 34.5 Å². The molecule has 0 spiro atoms. The zero-order valence-electron chi connectivity index (χ0n) is 10.9. The zero-order valence-corrected chi connectivity index (χ0v) is 13.1. The van der Waals surface area contributed by atoms with Gasteiger partial charge in [0.2, 0.25) is 0 Å². The van der Waals surface area contributed by atoms with Gasteiger partial charge in [0.25, 0.3) is 5.69 Å². The van der Waals surface area contributed by atoms with Crippen LogP contribution in [-0.4, -0.2) is 24.6 Å². The molecule has 0 aliphatic carbocycles. The number of hydrogen-bond acceptors (Lipinski definition) is 4. The van der Waals surface area contributed by atoms with E-state index in [2.05, 4.69) is 40.1 Å². The normalized spacial score (nSPS) is 23.1. The first kappa shape index (κ1) is 14.5. The number of anilines is 1. The fourth-order valence-electron chi connectivity index (χ4n) is 2.34. The highest BCUT2D eigenvalue weighted by Gasteiger charge is 2.26. The maximum atomic E-state index is 10.7. The van der Waals surface area contributed by atoms with Gasteiger partial charge >= 0.3 is 0 Å². The number of benzene rings is 1. The number of rotatable bonds is 4. The highest BCUT2D eigenvalue weighted by atomic mass is 127. The van der Waals surface area contributed by atoms with E-state index in [0.29, 0.717) is 0 Å². The standard InChI is InChI=1S/C13H18IN3O2/c1-13(5-2-6-15-8-13)9-16-12-4-3-10(17(18)19)7-11(12)14/h3-4,7,15-16H,2,5-6,8-9H2,1H3. The van der Waals surface area contributed by atoms with Gasteiger partial charge in [-0.1, -0.05) is 6.92 Å². The van der Waals surface area contributed by atoms with Crippen LogP contribution >= 0.6 is 22.6 Å². The molecule has 19 heavy (non-hydrogen) atoms. The van der Waals surface area contributed by atoms with Crippen LogP contribution in [0.2, 0.25) is 0 Å². The summed E-state index contributed by atoms with van der Waals surface area (Å²) < 4.78 is 0.888. The lowest BCUT2D eigenvalue weighted by molar-refractivity contribution is -0.384. The second-order valence-corrected chi connectivity index (χ2v) is 6.53. The summed E-state index contributed by atoms with van der Waals surface area (Å²) in [6, 6.07) is 4.94. The third-order valence-corrected chi connectivity index (χ3v) is 4.45. The Balaban J connectivity index is 2.01. The van der Waals surface area contributed by atoms with Crippen molar-refractivity contribution in [3.8, 4) is 0 Å². The van der Waals surface area contributed by atoms with Crippen molar-refractivity contribution >= 4 is 34.0 Å². The third-order valence-electron chi connectivity index (χ3n) is 3.55. The van der Waals surface area contributed by atoms with Gasteiger partial charge in [-0.2, -0.15) is 0 Å². The quantitative estimate of drug-likeness (QED) is 0.482. The van der Waals surface area contributed by atoms with E-state index in [9.17, 15) is 10.1 Å². The Hall–Kier alpha value is -0.890. The molecule has 0 amide bonds. The summed E-state index contributed by atoms with van der Waals surface area (Å²) in [5, 5.41) is 17.5. The fraction of sp³-hybridized carbons (Fsp3) is 0.538. The summed E-state index contributed by atoms with van der Waals surface area (Å²) in [4.78, 5) is 10.3. The van der Waals surface area contributed by atoms with Crippen LogP contribution in [0.5, 0.6) is 0 Å². The molecule has 1 saturated heterocycles. The predicted molar refractivity (Wildman–Crippen MR) is 84.5 cm³/mol. The number of nitro benzene ring substituents is 1. The molecule has 6 heteroatoms. The molecule has 1 aromatic carbocycles. The number of nitrogens with one attached hydrogen (secondary N) is 2. The van der Waals surface area contributed by atoms with Crippen molar-refractivity contribution in [1.29, 1.82) is 0 Å². The number of hydrogen-bond donors (Lipinski definition) is 2. The smallest absolute Gasteiger partial charge is 0.270 e. The van der Waals surface area contributed by atoms with Crippen LogP contribution in [0.1, 0.15) is 19.8 Å². The lowest BCUT2D eigenvalue weighted by Crippen LogP contribution is -2.42. The second-order valence-electron chi connectivity index (χ2n) is 5.37. The molecule has 1 unspecified atom stereocenters. The Morgan fingerprint density at radius 2 is 2.37 bits per heavy atom. The molecule has 1 atom stereocenters. The maximum absolute atomic E-state index is 10.7. The monoisotopic (exact) mass is 375 g/mol. The van der Waals surface area contributed by atoms with Crippen LogP contribution in [0.3, 0.4) is 0 Å². The topological polar surface area (TPSA) is 67.2 Å². The summed E-state index contributed by atoms with van der Waals surface area (Å²) in [5.74, 6) is 0. The first-order chi connectivity index (χ1) is 9.00. The maximum Gasteiger partial charge on any atom is 0.270 e.